The fourth-order valence-electron chi connectivity index (χ4n) is 2.50. The van der Waals surface area contributed by atoms with Crippen LogP contribution in [-0.2, 0) is 19.4 Å². The molecule has 1 fully saturated rings. The van der Waals surface area contributed by atoms with Crippen molar-refractivity contribution in [1.82, 2.24) is 5.32 Å². The van der Waals surface area contributed by atoms with Crippen LogP contribution in [-0.4, -0.2) is 56.2 Å². The number of phenolic OH excluding ortho intramolecular Hbond substituents is 1. The Balaban J connectivity index is 1.91. The van der Waals surface area contributed by atoms with Crippen LogP contribution in [0.4, 0.5) is 0 Å². The number of carbonyl (C=O) groups is 2. The van der Waals surface area contributed by atoms with Crippen LogP contribution in [0.25, 0.3) is 0 Å². The predicted molar refractivity (Wildman–Crippen MR) is 84.8 cm³/mol. The molecule has 1 heterocycles. The Morgan fingerprint density at radius 1 is 1.38 bits per heavy atom. The Hall–Kier alpha value is -2.29. The van der Waals surface area contributed by atoms with Gasteiger partial charge < -0.3 is 19.9 Å². The normalized spacial score (nSPS) is 21.9. The smallest absolute Gasteiger partial charge is 0.342 e. The van der Waals surface area contributed by atoms with Gasteiger partial charge in [-0.05, 0) is 25.5 Å². The highest BCUT2D eigenvalue weighted by atomic mass is 32.2. The number of methoxy groups -OCH3 is 1. The zero-order chi connectivity index (χ0) is 18.0. The Kier molecular flexibility index (Phi) is 5.02. The number of sulfone groups is 1. The van der Waals surface area contributed by atoms with Gasteiger partial charge in [-0.2, -0.15) is 0 Å². The minimum absolute atomic E-state index is 0.0172. The quantitative estimate of drug-likeness (QED) is 0.725. The summed E-state index contributed by atoms with van der Waals surface area (Å²) in [6, 6.07) is 4.04. The first kappa shape index (κ1) is 18.1. The lowest BCUT2D eigenvalue weighted by atomic mass is 10.0. The first-order valence-corrected chi connectivity index (χ1v) is 9.02. The van der Waals surface area contributed by atoms with Crippen LogP contribution in [0.3, 0.4) is 0 Å². The number of rotatable bonds is 5. The largest absolute Gasteiger partial charge is 0.507 e. The maximum absolute atomic E-state index is 11.9. The zero-order valence-electron chi connectivity index (χ0n) is 13.4. The van der Waals surface area contributed by atoms with E-state index >= 15 is 0 Å². The molecule has 2 N–H and O–H groups in total. The molecule has 1 aliphatic rings. The second-order valence-electron chi connectivity index (χ2n) is 5.91. The summed E-state index contributed by atoms with van der Waals surface area (Å²) < 4.78 is 32.7. The molecule has 2 rings (SSSR count). The van der Waals surface area contributed by atoms with Crippen molar-refractivity contribution in [1.29, 1.82) is 0 Å². The molecule has 24 heavy (non-hydrogen) atoms. The molecule has 0 spiro atoms. The first-order valence-electron chi connectivity index (χ1n) is 7.20. The van der Waals surface area contributed by atoms with E-state index in [4.69, 9.17) is 9.47 Å². The van der Waals surface area contributed by atoms with Crippen molar-refractivity contribution in [3.05, 3.63) is 23.8 Å². The molecule has 0 unspecified atom stereocenters. The van der Waals surface area contributed by atoms with E-state index in [9.17, 15) is 23.1 Å². The van der Waals surface area contributed by atoms with Crippen molar-refractivity contribution < 1.29 is 32.6 Å². The van der Waals surface area contributed by atoms with Gasteiger partial charge in [0.25, 0.3) is 5.91 Å². The third-order valence-electron chi connectivity index (χ3n) is 3.70. The number of aromatic hydroxyl groups is 1. The van der Waals surface area contributed by atoms with Gasteiger partial charge in [0, 0.05) is 6.07 Å². The molecule has 0 saturated carbocycles. The standard InChI is InChI=1S/C15H19NO7S/c1-15(5-6-24(20,21)9-15)16-13(18)8-23-14(19)11-4-3-10(22-2)7-12(11)17/h3-4,7,17H,5-6,8-9H2,1-2H3,(H,16,18)/t15-/m1/s1. The molecule has 9 heteroatoms. The molecule has 1 aromatic carbocycles. The third-order valence-corrected chi connectivity index (χ3v) is 5.61. The molecular formula is C15H19NO7S. The highest BCUT2D eigenvalue weighted by Gasteiger charge is 2.39. The van der Waals surface area contributed by atoms with Crippen LogP contribution in [0.15, 0.2) is 18.2 Å². The van der Waals surface area contributed by atoms with Crippen molar-refractivity contribution in [2.45, 2.75) is 18.9 Å². The number of carbonyl (C=O) groups excluding carboxylic acids is 2. The van der Waals surface area contributed by atoms with Crippen molar-refractivity contribution in [3.63, 3.8) is 0 Å². The van der Waals surface area contributed by atoms with Crippen molar-refractivity contribution in [3.8, 4) is 11.5 Å². The van der Waals surface area contributed by atoms with Crippen LogP contribution in [0.1, 0.15) is 23.7 Å². The maximum atomic E-state index is 11.9. The second-order valence-corrected chi connectivity index (χ2v) is 8.09. The molecule has 132 valence electrons. The fourth-order valence-corrected chi connectivity index (χ4v) is 4.59. The number of esters is 1. The van der Waals surface area contributed by atoms with Gasteiger partial charge in [0.1, 0.15) is 17.1 Å². The maximum Gasteiger partial charge on any atom is 0.342 e. The number of benzene rings is 1. The average molecular weight is 357 g/mol. The van der Waals surface area contributed by atoms with E-state index in [1.54, 1.807) is 6.92 Å². The van der Waals surface area contributed by atoms with E-state index in [1.165, 1.54) is 25.3 Å². The molecule has 0 aliphatic carbocycles. The Morgan fingerprint density at radius 2 is 2.08 bits per heavy atom. The average Bonchev–Trinajstić information content (AvgIpc) is 2.77. The molecule has 1 aromatic rings. The number of hydrogen-bond donors (Lipinski definition) is 2. The molecule has 0 aromatic heterocycles. The molecule has 1 aliphatic heterocycles. The van der Waals surface area contributed by atoms with Crippen LogP contribution in [0.2, 0.25) is 0 Å². The van der Waals surface area contributed by atoms with Gasteiger partial charge >= 0.3 is 5.97 Å². The molecule has 1 saturated heterocycles. The first-order chi connectivity index (χ1) is 11.1. The number of ether oxygens (including phenoxy) is 2. The monoisotopic (exact) mass is 357 g/mol. The fraction of sp³-hybridized carbons (Fsp3) is 0.467. The highest BCUT2D eigenvalue weighted by Crippen LogP contribution is 2.24. The van der Waals surface area contributed by atoms with E-state index in [0.29, 0.717) is 12.2 Å². The zero-order valence-corrected chi connectivity index (χ0v) is 14.2. The molecular weight excluding hydrogens is 338 g/mol. The lowest BCUT2D eigenvalue weighted by Crippen LogP contribution is -2.48. The lowest BCUT2D eigenvalue weighted by Gasteiger charge is -2.23. The Bertz CT molecular complexity index is 759. The third kappa shape index (κ3) is 4.38. The molecule has 0 bridgehead atoms. The van der Waals surface area contributed by atoms with Gasteiger partial charge in [-0.25, -0.2) is 13.2 Å². The number of nitrogens with one attached hydrogen (secondary N) is 1. The summed E-state index contributed by atoms with van der Waals surface area (Å²) in [5.74, 6) is -1.54. The summed E-state index contributed by atoms with van der Waals surface area (Å²) in [5.41, 5.74) is -0.955. The summed E-state index contributed by atoms with van der Waals surface area (Å²) in [7, 11) is -1.74. The van der Waals surface area contributed by atoms with Gasteiger partial charge in [0.05, 0.1) is 24.2 Å². The second kappa shape index (κ2) is 6.68. The van der Waals surface area contributed by atoms with E-state index < -0.39 is 33.9 Å². The molecule has 0 radical (unpaired) electrons. The van der Waals surface area contributed by atoms with Gasteiger partial charge in [0.2, 0.25) is 0 Å². The summed E-state index contributed by atoms with van der Waals surface area (Å²) in [6.45, 7) is 1.06. The van der Waals surface area contributed by atoms with E-state index in [2.05, 4.69) is 5.32 Å². The SMILES string of the molecule is COc1ccc(C(=O)OCC(=O)N[C@]2(C)CCS(=O)(=O)C2)c(O)c1. The number of phenols is 1. The molecule has 1 atom stereocenters. The van der Waals surface area contributed by atoms with Gasteiger partial charge in [-0.1, -0.05) is 0 Å². The van der Waals surface area contributed by atoms with Crippen molar-refractivity contribution in [2.75, 3.05) is 25.2 Å². The summed E-state index contributed by atoms with van der Waals surface area (Å²) >= 11 is 0. The molecule has 8 nitrogen and oxygen atoms in total. The Labute approximate surface area is 139 Å². The summed E-state index contributed by atoms with van der Waals surface area (Å²) in [6.07, 6.45) is 0.314. The van der Waals surface area contributed by atoms with Crippen molar-refractivity contribution in [2.24, 2.45) is 0 Å². The topological polar surface area (TPSA) is 119 Å². The Morgan fingerprint density at radius 3 is 2.62 bits per heavy atom. The highest BCUT2D eigenvalue weighted by molar-refractivity contribution is 7.91. The minimum Gasteiger partial charge on any atom is -0.507 e. The van der Waals surface area contributed by atoms with E-state index in [1.807, 2.05) is 0 Å². The van der Waals surface area contributed by atoms with Gasteiger partial charge in [-0.3, -0.25) is 4.79 Å². The van der Waals surface area contributed by atoms with E-state index in [0.717, 1.165) is 0 Å². The number of hydrogen-bond acceptors (Lipinski definition) is 7. The van der Waals surface area contributed by atoms with E-state index in [-0.39, 0.29) is 22.8 Å². The summed E-state index contributed by atoms with van der Waals surface area (Å²) in [4.78, 5) is 23.8. The van der Waals surface area contributed by atoms with Crippen LogP contribution in [0, 0.1) is 0 Å². The van der Waals surface area contributed by atoms with Crippen LogP contribution in [0.5, 0.6) is 11.5 Å². The molecule has 1 amide bonds. The minimum atomic E-state index is -3.15. The van der Waals surface area contributed by atoms with Crippen LogP contribution >= 0.6 is 0 Å². The lowest BCUT2D eigenvalue weighted by molar-refractivity contribution is -0.125. The summed E-state index contributed by atoms with van der Waals surface area (Å²) in [5, 5.41) is 12.3. The predicted octanol–water partition coefficient (Wildman–Crippen LogP) is 0.251. The van der Waals surface area contributed by atoms with Crippen LogP contribution < -0.4 is 10.1 Å². The van der Waals surface area contributed by atoms with Gasteiger partial charge in [-0.15, -0.1) is 0 Å². The van der Waals surface area contributed by atoms with Crippen molar-refractivity contribution >= 4 is 21.7 Å². The van der Waals surface area contributed by atoms with Gasteiger partial charge in [0.15, 0.2) is 16.4 Å². The number of amides is 1.